The smallest absolute Gasteiger partial charge is 0.242 e. The molecular formula is C20H36N2O2. The van der Waals surface area contributed by atoms with Gasteiger partial charge in [0, 0.05) is 12.0 Å². The summed E-state index contributed by atoms with van der Waals surface area (Å²) in [5.41, 5.74) is 0. The lowest BCUT2D eigenvalue weighted by Gasteiger charge is -2.30. The van der Waals surface area contributed by atoms with E-state index in [0.717, 1.165) is 44.4 Å². The molecule has 2 aliphatic carbocycles. The molecule has 138 valence electrons. The molecular weight excluding hydrogens is 300 g/mol. The second-order valence-corrected chi connectivity index (χ2v) is 8.49. The maximum atomic E-state index is 12.7. The first-order chi connectivity index (χ1) is 11.5. The predicted molar refractivity (Wildman–Crippen MR) is 97.5 cm³/mol. The van der Waals surface area contributed by atoms with Crippen molar-refractivity contribution in [3.63, 3.8) is 0 Å². The number of amides is 2. The fourth-order valence-corrected chi connectivity index (χ4v) is 4.06. The lowest BCUT2D eigenvalue weighted by Crippen LogP contribution is -2.52. The van der Waals surface area contributed by atoms with E-state index in [1.165, 1.54) is 19.3 Å². The van der Waals surface area contributed by atoms with Crippen LogP contribution in [0.2, 0.25) is 0 Å². The molecule has 2 rings (SSSR count). The van der Waals surface area contributed by atoms with Crippen molar-refractivity contribution in [1.29, 1.82) is 0 Å². The Balaban J connectivity index is 1.88. The summed E-state index contributed by atoms with van der Waals surface area (Å²) in [6, 6.07) is -0.0891. The van der Waals surface area contributed by atoms with E-state index in [1.807, 2.05) is 0 Å². The molecule has 2 fully saturated rings. The highest BCUT2D eigenvalue weighted by Crippen LogP contribution is 2.25. The summed E-state index contributed by atoms with van der Waals surface area (Å²) in [6.07, 6.45) is 10.7. The minimum Gasteiger partial charge on any atom is -0.352 e. The van der Waals surface area contributed by atoms with Gasteiger partial charge in [-0.15, -0.1) is 0 Å². The van der Waals surface area contributed by atoms with Gasteiger partial charge >= 0.3 is 0 Å². The summed E-state index contributed by atoms with van der Waals surface area (Å²) in [7, 11) is 0. The highest BCUT2D eigenvalue weighted by atomic mass is 16.2. The van der Waals surface area contributed by atoms with Crippen molar-refractivity contribution in [3.05, 3.63) is 0 Å². The van der Waals surface area contributed by atoms with Crippen LogP contribution in [0.15, 0.2) is 0 Å². The highest BCUT2D eigenvalue weighted by Gasteiger charge is 2.29. The summed E-state index contributed by atoms with van der Waals surface area (Å²) >= 11 is 0. The molecule has 2 aliphatic rings. The van der Waals surface area contributed by atoms with E-state index in [0.29, 0.717) is 12.3 Å². The predicted octanol–water partition coefficient (Wildman–Crippen LogP) is 3.79. The molecule has 4 nitrogen and oxygen atoms in total. The van der Waals surface area contributed by atoms with Crippen LogP contribution in [0.1, 0.15) is 85.0 Å². The van der Waals surface area contributed by atoms with Gasteiger partial charge in [0.15, 0.2) is 0 Å². The Bertz CT molecular complexity index is 408. The molecule has 0 heterocycles. The van der Waals surface area contributed by atoms with Gasteiger partial charge in [0.05, 0.1) is 0 Å². The molecule has 0 aromatic carbocycles. The Morgan fingerprint density at radius 1 is 0.958 bits per heavy atom. The van der Waals surface area contributed by atoms with Gasteiger partial charge < -0.3 is 10.6 Å². The van der Waals surface area contributed by atoms with E-state index >= 15 is 0 Å². The van der Waals surface area contributed by atoms with Gasteiger partial charge in [-0.25, -0.2) is 0 Å². The van der Waals surface area contributed by atoms with Gasteiger partial charge in [0.1, 0.15) is 6.04 Å². The Labute approximate surface area is 147 Å². The molecule has 4 heteroatoms. The molecule has 0 aromatic rings. The Morgan fingerprint density at radius 3 is 2.17 bits per heavy atom. The van der Waals surface area contributed by atoms with Gasteiger partial charge in [0.2, 0.25) is 11.8 Å². The van der Waals surface area contributed by atoms with E-state index in [4.69, 9.17) is 0 Å². The molecule has 2 N–H and O–H groups in total. The molecule has 1 atom stereocenters. The van der Waals surface area contributed by atoms with Gasteiger partial charge in [-0.05, 0) is 56.8 Å². The van der Waals surface area contributed by atoms with Gasteiger partial charge in [-0.2, -0.15) is 0 Å². The Morgan fingerprint density at radius 2 is 1.58 bits per heavy atom. The van der Waals surface area contributed by atoms with Crippen molar-refractivity contribution >= 4 is 11.8 Å². The zero-order valence-electron chi connectivity index (χ0n) is 15.8. The van der Waals surface area contributed by atoms with Crippen LogP contribution >= 0.6 is 0 Å². The van der Waals surface area contributed by atoms with Crippen LogP contribution in [0.25, 0.3) is 0 Å². The number of hydrogen-bond acceptors (Lipinski definition) is 2. The normalized spacial score (nSPS) is 26.8. The first-order valence-electron chi connectivity index (χ1n) is 10.1. The van der Waals surface area contributed by atoms with Gasteiger partial charge in [-0.3, -0.25) is 9.59 Å². The summed E-state index contributed by atoms with van der Waals surface area (Å²) in [5.74, 6) is 1.38. The lowest BCUT2D eigenvalue weighted by molar-refractivity contribution is -0.132. The number of hydrogen-bond donors (Lipinski definition) is 2. The summed E-state index contributed by atoms with van der Waals surface area (Å²) in [6.45, 7) is 6.49. The third-order valence-corrected chi connectivity index (χ3v) is 5.68. The second kappa shape index (κ2) is 9.43. The number of carbonyl (C=O) groups is 2. The maximum Gasteiger partial charge on any atom is 0.242 e. The fraction of sp³-hybridized carbons (Fsp3) is 0.900. The van der Waals surface area contributed by atoms with Crippen molar-refractivity contribution in [2.24, 2.45) is 17.8 Å². The lowest BCUT2D eigenvalue weighted by atomic mass is 9.87. The quantitative estimate of drug-likeness (QED) is 0.775. The van der Waals surface area contributed by atoms with Crippen molar-refractivity contribution < 1.29 is 9.59 Å². The summed E-state index contributed by atoms with van der Waals surface area (Å²) < 4.78 is 0. The van der Waals surface area contributed by atoms with Crippen LogP contribution in [-0.4, -0.2) is 23.9 Å². The fourth-order valence-electron chi connectivity index (χ4n) is 4.06. The van der Waals surface area contributed by atoms with E-state index in [-0.39, 0.29) is 29.8 Å². The first kappa shape index (κ1) is 19.3. The SMILES string of the molecule is CC(C)CC(NC(=O)C1CCCCC1)C(=O)NC1CCC(C)CC1. The average Bonchev–Trinajstić information content (AvgIpc) is 2.56. The van der Waals surface area contributed by atoms with E-state index in [1.54, 1.807) is 0 Å². The first-order valence-corrected chi connectivity index (χ1v) is 10.1. The molecule has 0 spiro atoms. The summed E-state index contributed by atoms with van der Waals surface area (Å²) in [4.78, 5) is 25.3. The third kappa shape index (κ3) is 6.10. The monoisotopic (exact) mass is 336 g/mol. The minimum atomic E-state index is -0.376. The minimum absolute atomic E-state index is 0.0208. The van der Waals surface area contributed by atoms with E-state index < -0.39 is 0 Å². The number of nitrogens with one attached hydrogen (secondary N) is 2. The van der Waals surface area contributed by atoms with Gasteiger partial charge in [-0.1, -0.05) is 40.0 Å². The molecule has 0 saturated heterocycles. The zero-order valence-corrected chi connectivity index (χ0v) is 15.8. The van der Waals surface area contributed by atoms with Crippen LogP contribution in [0, 0.1) is 17.8 Å². The maximum absolute atomic E-state index is 12.7. The molecule has 0 aromatic heterocycles. The number of rotatable bonds is 6. The molecule has 2 amide bonds. The number of carbonyl (C=O) groups excluding carboxylic acids is 2. The molecule has 0 radical (unpaired) electrons. The van der Waals surface area contributed by atoms with Crippen molar-refractivity contribution in [3.8, 4) is 0 Å². The molecule has 1 unspecified atom stereocenters. The van der Waals surface area contributed by atoms with Crippen molar-refractivity contribution in [2.75, 3.05) is 0 Å². The molecule has 24 heavy (non-hydrogen) atoms. The zero-order chi connectivity index (χ0) is 17.5. The van der Waals surface area contributed by atoms with Crippen LogP contribution in [0.3, 0.4) is 0 Å². The highest BCUT2D eigenvalue weighted by molar-refractivity contribution is 5.88. The summed E-state index contributed by atoms with van der Waals surface area (Å²) in [5, 5.41) is 6.26. The topological polar surface area (TPSA) is 58.2 Å². The van der Waals surface area contributed by atoms with E-state index in [2.05, 4.69) is 31.4 Å². The largest absolute Gasteiger partial charge is 0.352 e. The van der Waals surface area contributed by atoms with Crippen LogP contribution in [0.4, 0.5) is 0 Å². The molecule has 0 aliphatic heterocycles. The Hall–Kier alpha value is -1.06. The second-order valence-electron chi connectivity index (χ2n) is 8.49. The average molecular weight is 337 g/mol. The Kier molecular flexibility index (Phi) is 7.57. The molecule has 0 bridgehead atoms. The molecule has 2 saturated carbocycles. The van der Waals surface area contributed by atoms with Crippen molar-refractivity contribution in [2.45, 2.75) is 97.1 Å². The van der Waals surface area contributed by atoms with E-state index in [9.17, 15) is 9.59 Å². The van der Waals surface area contributed by atoms with Gasteiger partial charge in [0.25, 0.3) is 0 Å². The van der Waals surface area contributed by atoms with Crippen LogP contribution < -0.4 is 10.6 Å². The standard InChI is InChI=1S/C20H36N2O2/c1-14(2)13-18(22-19(23)16-7-5-4-6-8-16)20(24)21-17-11-9-15(3)10-12-17/h14-18H,4-13H2,1-3H3,(H,21,24)(H,22,23). The van der Waals surface area contributed by atoms with Crippen LogP contribution in [-0.2, 0) is 9.59 Å². The third-order valence-electron chi connectivity index (χ3n) is 5.68. The van der Waals surface area contributed by atoms with Crippen molar-refractivity contribution in [1.82, 2.24) is 10.6 Å². The van der Waals surface area contributed by atoms with Crippen LogP contribution in [0.5, 0.6) is 0 Å².